The van der Waals surface area contributed by atoms with Crippen molar-refractivity contribution >= 4 is 16.9 Å². The number of nitrogens with one attached hydrogen (secondary N) is 1. The van der Waals surface area contributed by atoms with Crippen LogP contribution in [0.1, 0.15) is 50.3 Å². The van der Waals surface area contributed by atoms with Gasteiger partial charge in [0.05, 0.1) is 23.3 Å². The molecule has 1 saturated heterocycles. The molecule has 1 fully saturated rings. The van der Waals surface area contributed by atoms with Crippen LogP contribution in [-0.4, -0.2) is 79.1 Å². The molecule has 4 aromatic rings. The maximum atomic E-state index is 12.6. The topological polar surface area (TPSA) is 100 Å². The number of alkyl halides is 3. The van der Waals surface area contributed by atoms with Crippen molar-refractivity contribution in [3.63, 3.8) is 0 Å². The van der Waals surface area contributed by atoms with E-state index in [1.165, 1.54) is 11.2 Å². The van der Waals surface area contributed by atoms with Gasteiger partial charge < -0.3 is 14.6 Å². The third-order valence-corrected chi connectivity index (χ3v) is 7.08. The molecule has 3 aromatic heterocycles. The Morgan fingerprint density at radius 2 is 1.85 bits per heavy atom. The summed E-state index contributed by atoms with van der Waals surface area (Å²) in [6, 6.07) is 9.88. The summed E-state index contributed by atoms with van der Waals surface area (Å²) < 4.78 is 43.7. The molecule has 9 nitrogen and oxygen atoms in total. The maximum absolute atomic E-state index is 12.6. The fraction of sp³-hybridized carbons (Fsp3) is 0.414. The monoisotopic (exact) mass is 567 g/mol. The van der Waals surface area contributed by atoms with E-state index in [4.69, 9.17) is 9.72 Å². The molecule has 216 valence electrons. The Morgan fingerprint density at radius 3 is 2.59 bits per heavy atom. The number of amides is 1. The highest BCUT2D eigenvalue weighted by Crippen LogP contribution is 2.30. The molecular formula is C29H32F3N7O2. The van der Waals surface area contributed by atoms with Crippen molar-refractivity contribution in [2.45, 2.75) is 51.9 Å². The number of nitrogens with zero attached hydrogens (tertiary/aromatic N) is 6. The molecule has 4 heterocycles. The second-order valence-corrected chi connectivity index (χ2v) is 10.5. The zero-order chi connectivity index (χ0) is 29.1. The van der Waals surface area contributed by atoms with Gasteiger partial charge in [-0.05, 0) is 50.6 Å². The summed E-state index contributed by atoms with van der Waals surface area (Å²) in [6.07, 6.45) is -0.482. The van der Waals surface area contributed by atoms with E-state index in [1.54, 1.807) is 12.4 Å². The molecule has 12 heteroatoms. The molecule has 0 aliphatic carbocycles. The molecule has 0 saturated carbocycles. The van der Waals surface area contributed by atoms with Crippen LogP contribution in [0.15, 0.2) is 49.1 Å². The van der Waals surface area contributed by atoms with Gasteiger partial charge in [0, 0.05) is 56.1 Å². The molecule has 1 N–H and O–H groups in total. The third kappa shape index (κ3) is 6.99. The molecule has 1 aliphatic rings. The minimum Gasteiger partial charge on any atom is -0.487 e. The zero-order valence-electron chi connectivity index (χ0n) is 23.1. The standard InChI is InChI=1S/C29H32F3N7O2/c1-18(2)41-25-16-33-17-35-28(25)21-4-5-23-24(13-21)37-26(36-23)14-22-12-20(6-7-34-22)19(3)38-8-10-39(11-9-38)27(40)15-29(30,31)32/h4-7,12-13,16-19H,8-11,14-15H2,1-3H3,(H,36,37). The van der Waals surface area contributed by atoms with Gasteiger partial charge in [0.1, 0.15) is 24.3 Å². The first-order valence-electron chi connectivity index (χ1n) is 13.5. The second kappa shape index (κ2) is 11.8. The van der Waals surface area contributed by atoms with Crippen molar-refractivity contribution in [2.24, 2.45) is 0 Å². The van der Waals surface area contributed by atoms with E-state index in [-0.39, 0.29) is 25.2 Å². The van der Waals surface area contributed by atoms with Gasteiger partial charge >= 0.3 is 6.18 Å². The van der Waals surface area contributed by atoms with Crippen molar-refractivity contribution in [3.05, 3.63) is 66.1 Å². The molecule has 0 bridgehead atoms. The number of ether oxygens (including phenoxy) is 1. The smallest absolute Gasteiger partial charge is 0.397 e. The molecule has 1 aliphatic heterocycles. The highest BCUT2D eigenvalue weighted by Gasteiger charge is 2.35. The molecule has 1 atom stereocenters. The fourth-order valence-corrected chi connectivity index (χ4v) is 5.04. The molecule has 41 heavy (non-hydrogen) atoms. The second-order valence-electron chi connectivity index (χ2n) is 10.5. The summed E-state index contributed by atoms with van der Waals surface area (Å²) in [4.78, 5) is 36.6. The number of aromatic nitrogens is 5. The number of hydrogen-bond acceptors (Lipinski definition) is 7. The van der Waals surface area contributed by atoms with Crippen LogP contribution in [-0.2, 0) is 11.2 Å². The molecule has 0 spiro atoms. The van der Waals surface area contributed by atoms with Gasteiger partial charge in [-0.1, -0.05) is 6.07 Å². The zero-order valence-corrected chi connectivity index (χ0v) is 23.1. The number of imidazole rings is 1. The van der Waals surface area contributed by atoms with E-state index in [0.29, 0.717) is 31.0 Å². The first-order valence-corrected chi connectivity index (χ1v) is 13.5. The lowest BCUT2D eigenvalue weighted by atomic mass is 10.1. The van der Waals surface area contributed by atoms with Crippen LogP contribution in [0.25, 0.3) is 22.3 Å². The number of benzene rings is 1. The Labute approximate surface area is 235 Å². The number of piperazine rings is 1. The van der Waals surface area contributed by atoms with Crippen LogP contribution in [0.2, 0.25) is 0 Å². The van der Waals surface area contributed by atoms with Crippen LogP contribution in [0.3, 0.4) is 0 Å². The van der Waals surface area contributed by atoms with Crippen LogP contribution in [0, 0.1) is 0 Å². The van der Waals surface area contributed by atoms with E-state index in [0.717, 1.165) is 33.7 Å². The molecule has 0 radical (unpaired) electrons. The predicted molar refractivity (Wildman–Crippen MR) is 147 cm³/mol. The average Bonchev–Trinajstić information content (AvgIpc) is 3.33. The number of carbonyl (C=O) groups is 1. The summed E-state index contributed by atoms with van der Waals surface area (Å²) >= 11 is 0. The molecule has 1 amide bonds. The van der Waals surface area contributed by atoms with Gasteiger partial charge in [-0.2, -0.15) is 13.2 Å². The summed E-state index contributed by atoms with van der Waals surface area (Å²) in [5, 5.41) is 0. The Balaban J connectivity index is 1.26. The highest BCUT2D eigenvalue weighted by atomic mass is 19.4. The number of H-pyrrole nitrogens is 1. The van der Waals surface area contributed by atoms with Gasteiger partial charge in [0.2, 0.25) is 5.91 Å². The Bertz CT molecular complexity index is 1510. The number of hydrogen-bond donors (Lipinski definition) is 1. The molecule has 1 aromatic carbocycles. The SMILES string of the molecule is CC(C)Oc1cncnc1-c1ccc2nc(Cc3cc(C(C)N4CCN(C(=O)CC(F)(F)F)CC4)ccn3)[nH]c2c1. The van der Waals surface area contributed by atoms with Crippen molar-refractivity contribution < 1.29 is 22.7 Å². The van der Waals surface area contributed by atoms with Crippen LogP contribution in [0.5, 0.6) is 5.75 Å². The van der Waals surface area contributed by atoms with Gasteiger partial charge in [0.15, 0.2) is 5.75 Å². The number of carbonyl (C=O) groups excluding carboxylic acids is 1. The Kier molecular flexibility index (Phi) is 8.20. The van der Waals surface area contributed by atoms with E-state index in [2.05, 4.69) is 31.8 Å². The van der Waals surface area contributed by atoms with E-state index < -0.39 is 18.5 Å². The molecular weight excluding hydrogens is 535 g/mol. The number of aromatic amines is 1. The number of halogens is 3. The summed E-state index contributed by atoms with van der Waals surface area (Å²) in [6.45, 7) is 7.52. The van der Waals surface area contributed by atoms with E-state index >= 15 is 0 Å². The van der Waals surface area contributed by atoms with Crippen molar-refractivity contribution in [2.75, 3.05) is 26.2 Å². The van der Waals surface area contributed by atoms with Crippen LogP contribution < -0.4 is 4.74 Å². The summed E-state index contributed by atoms with van der Waals surface area (Å²) in [7, 11) is 0. The minimum absolute atomic E-state index is 0.00899. The van der Waals surface area contributed by atoms with E-state index in [1.807, 2.05) is 44.2 Å². The van der Waals surface area contributed by atoms with Gasteiger partial charge in [0.25, 0.3) is 0 Å². The predicted octanol–water partition coefficient (Wildman–Crippen LogP) is 4.95. The largest absolute Gasteiger partial charge is 0.487 e. The Morgan fingerprint density at radius 1 is 1.07 bits per heavy atom. The minimum atomic E-state index is -4.49. The van der Waals surface area contributed by atoms with Crippen LogP contribution >= 0.6 is 0 Å². The average molecular weight is 568 g/mol. The normalized spacial score (nSPS) is 15.4. The maximum Gasteiger partial charge on any atom is 0.397 e. The van der Waals surface area contributed by atoms with Crippen LogP contribution in [0.4, 0.5) is 13.2 Å². The van der Waals surface area contributed by atoms with Gasteiger partial charge in [-0.25, -0.2) is 15.0 Å². The summed E-state index contributed by atoms with van der Waals surface area (Å²) in [5.74, 6) is 0.522. The van der Waals surface area contributed by atoms with Crippen molar-refractivity contribution in [1.82, 2.24) is 34.7 Å². The van der Waals surface area contributed by atoms with Crippen molar-refractivity contribution in [1.29, 1.82) is 0 Å². The lowest BCUT2D eigenvalue weighted by molar-refractivity contribution is -0.162. The first-order chi connectivity index (χ1) is 19.6. The quantitative estimate of drug-likeness (QED) is 0.322. The lowest BCUT2D eigenvalue weighted by Gasteiger charge is -2.38. The van der Waals surface area contributed by atoms with Gasteiger partial charge in [-0.3, -0.25) is 14.7 Å². The number of fused-ring (bicyclic) bond motifs is 1. The molecule has 1 unspecified atom stereocenters. The van der Waals surface area contributed by atoms with Gasteiger partial charge in [-0.15, -0.1) is 0 Å². The van der Waals surface area contributed by atoms with Crippen molar-refractivity contribution in [3.8, 4) is 17.0 Å². The Hall–Kier alpha value is -4.06. The van der Waals surface area contributed by atoms with E-state index in [9.17, 15) is 18.0 Å². The lowest BCUT2D eigenvalue weighted by Crippen LogP contribution is -2.50. The molecule has 5 rings (SSSR count). The summed E-state index contributed by atoms with van der Waals surface area (Å²) in [5.41, 5.74) is 5.18. The fourth-order valence-electron chi connectivity index (χ4n) is 5.04. The number of rotatable bonds is 8. The third-order valence-electron chi connectivity index (χ3n) is 7.08. The first kappa shape index (κ1) is 28.5. The highest BCUT2D eigenvalue weighted by molar-refractivity contribution is 5.82. The number of pyridine rings is 1.